The fourth-order valence-electron chi connectivity index (χ4n) is 2.43. The molecule has 1 fully saturated rings. The summed E-state index contributed by atoms with van der Waals surface area (Å²) in [5.74, 6) is -3.20. The second-order valence-electron chi connectivity index (χ2n) is 4.78. The van der Waals surface area contributed by atoms with Gasteiger partial charge in [-0.15, -0.1) is 12.4 Å². The molecule has 2 N–H and O–H groups in total. The van der Waals surface area contributed by atoms with Crippen molar-refractivity contribution in [1.82, 2.24) is 10.2 Å². The largest absolute Gasteiger partial charge is 0.390 e. The van der Waals surface area contributed by atoms with Gasteiger partial charge < -0.3 is 10.4 Å². The van der Waals surface area contributed by atoms with Gasteiger partial charge in [0.2, 0.25) is 0 Å². The maximum atomic E-state index is 14.2. The number of hydrogen-bond acceptors (Lipinski definition) is 3. The number of rotatable bonds is 4. The number of piperazine rings is 1. The van der Waals surface area contributed by atoms with E-state index in [4.69, 9.17) is 16.7 Å². The number of alkyl halides is 2. The van der Waals surface area contributed by atoms with Gasteiger partial charge in [-0.25, -0.2) is 8.78 Å². The van der Waals surface area contributed by atoms with E-state index in [-0.39, 0.29) is 12.4 Å². The van der Waals surface area contributed by atoms with Gasteiger partial charge in [0.25, 0.3) is 5.92 Å². The smallest absolute Gasteiger partial charge is 0.289 e. The maximum Gasteiger partial charge on any atom is 0.289 e. The summed E-state index contributed by atoms with van der Waals surface area (Å²) in [5.41, 5.74) is 0.447. The number of hydrogen-bond donors (Lipinski definition) is 2. The highest BCUT2D eigenvalue weighted by atomic mass is 79.9. The number of halogens is 5. The molecule has 0 aliphatic carbocycles. The van der Waals surface area contributed by atoms with Crippen molar-refractivity contribution in [1.29, 1.82) is 0 Å². The average Bonchev–Trinajstić information content (AvgIpc) is 2.44. The molecule has 0 unspecified atom stereocenters. The Kier molecular flexibility index (Phi) is 7.30. The van der Waals surface area contributed by atoms with Crippen molar-refractivity contribution < 1.29 is 13.9 Å². The molecular weight excluding hydrogens is 389 g/mol. The molecule has 1 saturated heterocycles. The van der Waals surface area contributed by atoms with Gasteiger partial charge in [0, 0.05) is 30.7 Å². The van der Waals surface area contributed by atoms with Crippen LogP contribution in [0.3, 0.4) is 0 Å². The van der Waals surface area contributed by atoms with Crippen molar-refractivity contribution in [3.05, 3.63) is 33.3 Å². The predicted octanol–water partition coefficient (Wildman–Crippen LogP) is 3.10. The predicted molar refractivity (Wildman–Crippen MR) is 85.6 cm³/mol. The second-order valence-corrected chi connectivity index (χ2v) is 6.04. The highest BCUT2D eigenvalue weighted by molar-refractivity contribution is 9.10. The number of nitrogens with zero attached hydrogens (tertiary/aromatic N) is 1. The normalized spacial score (nSPS) is 18.1. The van der Waals surface area contributed by atoms with E-state index >= 15 is 0 Å². The Morgan fingerprint density at radius 1 is 1.38 bits per heavy atom. The van der Waals surface area contributed by atoms with Gasteiger partial charge in [-0.05, 0) is 33.6 Å². The summed E-state index contributed by atoms with van der Waals surface area (Å²) in [4.78, 5) is 1.70. The summed E-state index contributed by atoms with van der Waals surface area (Å²) in [6.45, 7) is 1.17. The molecule has 120 valence electrons. The molecule has 0 radical (unpaired) electrons. The zero-order valence-electron chi connectivity index (χ0n) is 11.2. The molecule has 0 amide bonds. The Balaban J connectivity index is 0.00000220. The van der Waals surface area contributed by atoms with Crippen LogP contribution in [-0.2, 0) is 0 Å². The van der Waals surface area contributed by atoms with Crippen molar-refractivity contribution in [3.8, 4) is 0 Å². The molecule has 21 heavy (non-hydrogen) atoms. The van der Waals surface area contributed by atoms with Crippen LogP contribution in [0.25, 0.3) is 0 Å². The molecule has 0 aromatic heterocycles. The van der Waals surface area contributed by atoms with Crippen LogP contribution in [0.1, 0.15) is 11.6 Å². The Bertz CT molecular complexity index is 473. The molecular formula is C13H17BrCl2F2N2O. The molecule has 3 nitrogen and oxygen atoms in total. The third kappa shape index (κ3) is 4.50. The summed E-state index contributed by atoms with van der Waals surface area (Å²) in [7, 11) is 0. The Labute approximate surface area is 142 Å². The third-order valence-corrected chi connectivity index (χ3v) is 4.60. The molecule has 1 aliphatic heterocycles. The molecule has 8 heteroatoms. The Hall–Kier alpha value is 0.0200. The van der Waals surface area contributed by atoms with Crippen molar-refractivity contribution in [2.45, 2.75) is 12.0 Å². The summed E-state index contributed by atoms with van der Waals surface area (Å²) >= 11 is 9.17. The Morgan fingerprint density at radius 3 is 2.52 bits per heavy atom. The van der Waals surface area contributed by atoms with E-state index in [0.29, 0.717) is 41.2 Å². The lowest BCUT2D eigenvalue weighted by Gasteiger charge is -2.38. The first-order valence-electron chi connectivity index (χ1n) is 6.34. The molecule has 1 atom stereocenters. The minimum atomic E-state index is -3.20. The summed E-state index contributed by atoms with van der Waals surface area (Å²) in [5, 5.41) is 12.7. The van der Waals surface area contributed by atoms with Gasteiger partial charge in [-0.1, -0.05) is 17.7 Å². The van der Waals surface area contributed by atoms with E-state index in [1.54, 1.807) is 23.1 Å². The second kappa shape index (κ2) is 8.04. The summed E-state index contributed by atoms with van der Waals surface area (Å²) in [6.07, 6.45) is 0. The van der Waals surface area contributed by atoms with Crippen LogP contribution in [-0.4, -0.2) is 48.7 Å². The Morgan fingerprint density at radius 2 is 2.00 bits per heavy atom. The van der Waals surface area contributed by atoms with Crippen LogP contribution < -0.4 is 5.32 Å². The van der Waals surface area contributed by atoms with Gasteiger partial charge in [0.15, 0.2) is 0 Å². The van der Waals surface area contributed by atoms with E-state index in [1.165, 1.54) is 0 Å². The van der Waals surface area contributed by atoms with Crippen molar-refractivity contribution >= 4 is 39.9 Å². The van der Waals surface area contributed by atoms with Gasteiger partial charge in [-0.2, -0.15) is 0 Å². The van der Waals surface area contributed by atoms with Crippen molar-refractivity contribution in [2.75, 3.05) is 32.8 Å². The lowest BCUT2D eigenvalue weighted by Crippen LogP contribution is -2.51. The van der Waals surface area contributed by atoms with Crippen LogP contribution in [0.4, 0.5) is 8.78 Å². The molecule has 2 rings (SSSR count). The minimum absolute atomic E-state index is 0. The fraction of sp³-hybridized carbons (Fsp3) is 0.538. The molecule has 0 saturated carbocycles. The first kappa shape index (κ1) is 19.1. The van der Waals surface area contributed by atoms with Crippen LogP contribution in [0.15, 0.2) is 22.7 Å². The molecule has 1 aliphatic rings. The summed E-state index contributed by atoms with van der Waals surface area (Å²) < 4.78 is 28.9. The lowest BCUT2D eigenvalue weighted by atomic mass is 9.98. The fourth-order valence-corrected chi connectivity index (χ4v) is 2.95. The lowest BCUT2D eigenvalue weighted by molar-refractivity contribution is -0.118. The maximum absolute atomic E-state index is 14.2. The molecule has 1 aromatic carbocycles. The molecule has 1 aromatic rings. The zero-order chi connectivity index (χ0) is 14.8. The van der Waals surface area contributed by atoms with Gasteiger partial charge in [-0.3, -0.25) is 4.90 Å². The molecule has 0 bridgehead atoms. The van der Waals surface area contributed by atoms with E-state index in [2.05, 4.69) is 21.2 Å². The molecule has 1 heterocycles. The van der Waals surface area contributed by atoms with Crippen molar-refractivity contribution in [3.63, 3.8) is 0 Å². The number of aliphatic hydroxyl groups is 1. The third-order valence-electron chi connectivity index (χ3n) is 3.39. The first-order valence-corrected chi connectivity index (χ1v) is 7.51. The number of nitrogens with one attached hydrogen (secondary N) is 1. The minimum Gasteiger partial charge on any atom is -0.390 e. The van der Waals surface area contributed by atoms with Crippen molar-refractivity contribution in [2.24, 2.45) is 0 Å². The molecule has 0 spiro atoms. The van der Waals surface area contributed by atoms with Crippen LogP contribution in [0.5, 0.6) is 0 Å². The highest BCUT2D eigenvalue weighted by Gasteiger charge is 2.44. The average molecular weight is 406 g/mol. The SMILES string of the molecule is Cl.OCC(F)(F)[C@H](c1ccc(Cl)c(Br)c1)N1CCNCC1. The van der Waals surface area contributed by atoms with Gasteiger partial charge in [0.05, 0.1) is 5.02 Å². The first-order chi connectivity index (χ1) is 9.45. The van der Waals surface area contributed by atoms with E-state index in [0.717, 1.165) is 0 Å². The summed E-state index contributed by atoms with van der Waals surface area (Å²) in [6, 6.07) is 3.62. The quantitative estimate of drug-likeness (QED) is 0.807. The number of benzene rings is 1. The monoisotopic (exact) mass is 404 g/mol. The van der Waals surface area contributed by atoms with E-state index in [1.807, 2.05) is 0 Å². The van der Waals surface area contributed by atoms with Gasteiger partial charge >= 0.3 is 0 Å². The van der Waals surface area contributed by atoms with E-state index < -0.39 is 18.6 Å². The number of aliphatic hydroxyl groups excluding tert-OH is 1. The highest BCUT2D eigenvalue weighted by Crippen LogP contribution is 2.38. The van der Waals surface area contributed by atoms with Gasteiger partial charge in [0.1, 0.15) is 12.6 Å². The van der Waals surface area contributed by atoms with Crippen LogP contribution in [0.2, 0.25) is 5.02 Å². The standard InChI is InChI=1S/C13H16BrClF2N2O.ClH/c14-10-7-9(1-2-11(10)15)12(13(16,17)8-20)19-5-3-18-4-6-19;/h1-2,7,12,18,20H,3-6,8H2;1H/t12-;/m0./s1. The van der Waals surface area contributed by atoms with E-state index in [9.17, 15) is 8.78 Å². The zero-order valence-corrected chi connectivity index (χ0v) is 14.3. The topological polar surface area (TPSA) is 35.5 Å². The van der Waals surface area contributed by atoms with Crippen LogP contribution >= 0.6 is 39.9 Å². The van der Waals surface area contributed by atoms with Crippen LogP contribution in [0, 0.1) is 0 Å².